The first kappa shape index (κ1) is 15.6. The van der Waals surface area contributed by atoms with Crippen LogP contribution in [0.5, 0.6) is 0 Å². The molecule has 1 heterocycles. The van der Waals surface area contributed by atoms with Gasteiger partial charge in [0.1, 0.15) is 4.90 Å². The maximum absolute atomic E-state index is 12.4. The van der Waals surface area contributed by atoms with Crippen molar-refractivity contribution in [1.82, 2.24) is 14.1 Å². The summed E-state index contributed by atoms with van der Waals surface area (Å²) in [6, 6.07) is 0. The second-order valence-corrected chi connectivity index (χ2v) is 5.92. The molecule has 2 N–H and O–H groups in total. The predicted molar refractivity (Wildman–Crippen MR) is 75.1 cm³/mol. The van der Waals surface area contributed by atoms with Crippen LogP contribution in [0.25, 0.3) is 0 Å². The number of nitrogens with two attached hydrogens (primary N) is 1. The van der Waals surface area contributed by atoms with Crippen molar-refractivity contribution in [3.8, 4) is 0 Å². The Kier molecular flexibility index (Phi) is 5.94. The second-order valence-electron chi connectivity index (χ2n) is 3.98. The molecule has 19 heavy (non-hydrogen) atoms. The molecule has 0 spiro atoms. The van der Waals surface area contributed by atoms with E-state index in [1.54, 1.807) is 16.8 Å². The van der Waals surface area contributed by atoms with Crippen molar-refractivity contribution in [3.63, 3.8) is 0 Å². The summed E-state index contributed by atoms with van der Waals surface area (Å²) in [6.45, 7) is 8.75. The summed E-state index contributed by atoms with van der Waals surface area (Å²) in [4.78, 5) is 0.174. The smallest absolute Gasteiger partial charge is 0.246 e. The maximum atomic E-state index is 12.4. The van der Waals surface area contributed by atoms with E-state index in [9.17, 15) is 8.42 Å². The molecule has 106 valence electrons. The van der Waals surface area contributed by atoms with Gasteiger partial charge < -0.3 is 5.73 Å². The van der Waals surface area contributed by atoms with Crippen LogP contribution in [0.1, 0.15) is 6.42 Å². The van der Waals surface area contributed by atoms with E-state index in [0.717, 1.165) is 6.42 Å². The molecule has 0 aliphatic carbocycles. The van der Waals surface area contributed by atoms with Crippen molar-refractivity contribution in [3.05, 3.63) is 37.7 Å². The Hall–Kier alpha value is -1.44. The van der Waals surface area contributed by atoms with E-state index in [1.165, 1.54) is 16.7 Å². The average molecular weight is 284 g/mol. The zero-order valence-electron chi connectivity index (χ0n) is 10.9. The van der Waals surface area contributed by atoms with Crippen LogP contribution in [0.15, 0.2) is 42.6 Å². The molecule has 0 unspecified atom stereocenters. The zero-order chi connectivity index (χ0) is 14.3. The number of hydrogen-bond acceptors (Lipinski definition) is 4. The standard InChI is InChI=1S/C12H20N4O2S/c1-3-7-16(8-4-2)19(17,18)12-10-14-15(11-12)9-5-6-13/h3-4,10-11H,1-2,5-9,13H2. The van der Waals surface area contributed by atoms with Crippen molar-refractivity contribution in [2.45, 2.75) is 17.9 Å². The summed E-state index contributed by atoms with van der Waals surface area (Å²) in [5.74, 6) is 0. The summed E-state index contributed by atoms with van der Waals surface area (Å²) in [5.41, 5.74) is 5.41. The van der Waals surface area contributed by atoms with Crippen molar-refractivity contribution in [2.75, 3.05) is 19.6 Å². The van der Waals surface area contributed by atoms with Gasteiger partial charge in [-0.1, -0.05) is 12.2 Å². The van der Waals surface area contributed by atoms with Crippen LogP contribution in [-0.4, -0.2) is 42.1 Å². The molecule has 0 saturated carbocycles. The van der Waals surface area contributed by atoms with Crippen LogP contribution in [0.2, 0.25) is 0 Å². The molecule has 0 amide bonds. The Morgan fingerprint density at radius 3 is 2.53 bits per heavy atom. The fraction of sp³-hybridized carbons (Fsp3) is 0.417. The molecule has 0 radical (unpaired) electrons. The SMILES string of the molecule is C=CCN(CC=C)S(=O)(=O)c1cnn(CCCN)c1. The van der Waals surface area contributed by atoms with E-state index in [-0.39, 0.29) is 18.0 Å². The highest BCUT2D eigenvalue weighted by Crippen LogP contribution is 2.14. The Labute approximate surface area is 114 Å². The summed E-state index contributed by atoms with van der Waals surface area (Å²) < 4.78 is 27.6. The van der Waals surface area contributed by atoms with Crippen LogP contribution in [-0.2, 0) is 16.6 Å². The van der Waals surface area contributed by atoms with Crippen molar-refractivity contribution in [1.29, 1.82) is 0 Å². The molecule has 0 aliphatic heterocycles. The van der Waals surface area contributed by atoms with Gasteiger partial charge >= 0.3 is 0 Å². The minimum Gasteiger partial charge on any atom is -0.330 e. The second kappa shape index (κ2) is 7.22. The molecule has 0 saturated heterocycles. The lowest BCUT2D eigenvalue weighted by molar-refractivity contribution is 0.474. The van der Waals surface area contributed by atoms with Crippen LogP contribution < -0.4 is 5.73 Å². The van der Waals surface area contributed by atoms with E-state index in [2.05, 4.69) is 18.3 Å². The number of rotatable bonds is 9. The molecule has 1 rings (SSSR count). The first-order chi connectivity index (χ1) is 9.06. The number of aromatic nitrogens is 2. The van der Waals surface area contributed by atoms with Gasteiger partial charge in [0.05, 0.1) is 6.20 Å². The minimum absolute atomic E-state index is 0.174. The van der Waals surface area contributed by atoms with Gasteiger partial charge in [0.15, 0.2) is 0 Å². The fourth-order valence-corrected chi connectivity index (χ4v) is 2.90. The lowest BCUT2D eigenvalue weighted by Crippen LogP contribution is -2.31. The highest BCUT2D eigenvalue weighted by molar-refractivity contribution is 7.89. The number of hydrogen-bond donors (Lipinski definition) is 1. The number of nitrogens with zero attached hydrogens (tertiary/aromatic N) is 3. The predicted octanol–water partition coefficient (Wildman–Crippen LogP) is 0.595. The molecule has 0 bridgehead atoms. The highest BCUT2D eigenvalue weighted by atomic mass is 32.2. The summed E-state index contributed by atoms with van der Waals surface area (Å²) in [5, 5.41) is 4.03. The van der Waals surface area contributed by atoms with Crippen LogP contribution in [0, 0.1) is 0 Å². The van der Waals surface area contributed by atoms with E-state index in [4.69, 9.17) is 5.73 Å². The van der Waals surface area contributed by atoms with E-state index < -0.39 is 10.0 Å². The molecule has 0 atom stereocenters. The van der Waals surface area contributed by atoms with Gasteiger partial charge in [-0.15, -0.1) is 13.2 Å². The van der Waals surface area contributed by atoms with Crippen LogP contribution in [0.3, 0.4) is 0 Å². The number of sulfonamides is 1. The van der Waals surface area contributed by atoms with Crippen molar-refractivity contribution < 1.29 is 8.42 Å². The Balaban J connectivity index is 2.93. The molecule has 0 aromatic carbocycles. The van der Waals surface area contributed by atoms with Gasteiger partial charge in [0.2, 0.25) is 10.0 Å². The van der Waals surface area contributed by atoms with E-state index in [0.29, 0.717) is 13.1 Å². The third-order valence-electron chi connectivity index (χ3n) is 2.50. The quantitative estimate of drug-likeness (QED) is 0.673. The summed E-state index contributed by atoms with van der Waals surface area (Å²) in [6.07, 6.45) is 6.71. The van der Waals surface area contributed by atoms with Gasteiger partial charge in [-0.2, -0.15) is 9.40 Å². The third kappa shape index (κ3) is 4.02. The van der Waals surface area contributed by atoms with Gasteiger partial charge in [0, 0.05) is 25.8 Å². The van der Waals surface area contributed by atoms with Gasteiger partial charge in [-0.25, -0.2) is 8.42 Å². The third-order valence-corrected chi connectivity index (χ3v) is 4.29. The van der Waals surface area contributed by atoms with Crippen molar-refractivity contribution in [2.24, 2.45) is 5.73 Å². The fourth-order valence-electron chi connectivity index (χ4n) is 1.56. The molecule has 1 aromatic rings. The number of aryl methyl sites for hydroxylation is 1. The van der Waals surface area contributed by atoms with Crippen LogP contribution in [0.4, 0.5) is 0 Å². The molecule has 1 aromatic heterocycles. The molecular formula is C12H20N4O2S. The first-order valence-corrected chi connectivity index (χ1v) is 7.44. The van der Waals surface area contributed by atoms with Gasteiger partial charge in [-0.05, 0) is 13.0 Å². The maximum Gasteiger partial charge on any atom is 0.246 e. The average Bonchev–Trinajstić information content (AvgIpc) is 2.85. The Bertz CT molecular complexity index is 512. The topological polar surface area (TPSA) is 81.2 Å². The summed E-state index contributed by atoms with van der Waals surface area (Å²) in [7, 11) is -3.55. The first-order valence-electron chi connectivity index (χ1n) is 6.00. The molecule has 7 heteroatoms. The highest BCUT2D eigenvalue weighted by Gasteiger charge is 2.23. The largest absolute Gasteiger partial charge is 0.330 e. The molecule has 6 nitrogen and oxygen atoms in total. The Morgan fingerprint density at radius 1 is 1.37 bits per heavy atom. The lowest BCUT2D eigenvalue weighted by Gasteiger charge is -2.17. The monoisotopic (exact) mass is 284 g/mol. The van der Waals surface area contributed by atoms with Crippen molar-refractivity contribution >= 4 is 10.0 Å². The molecule has 0 fully saturated rings. The van der Waals surface area contributed by atoms with Crippen LogP contribution >= 0.6 is 0 Å². The van der Waals surface area contributed by atoms with Gasteiger partial charge in [0.25, 0.3) is 0 Å². The van der Waals surface area contributed by atoms with Gasteiger partial charge in [-0.3, -0.25) is 4.68 Å². The summed E-state index contributed by atoms with van der Waals surface area (Å²) >= 11 is 0. The Morgan fingerprint density at radius 2 is 2.00 bits per heavy atom. The lowest BCUT2D eigenvalue weighted by atomic mass is 10.4. The van der Waals surface area contributed by atoms with E-state index in [1.807, 2.05) is 0 Å². The molecule has 0 aliphatic rings. The minimum atomic E-state index is -3.55. The normalized spacial score (nSPS) is 11.7. The van der Waals surface area contributed by atoms with E-state index >= 15 is 0 Å². The molecular weight excluding hydrogens is 264 g/mol. The zero-order valence-corrected chi connectivity index (χ0v) is 11.7.